The van der Waals surface area contributed by atoms with Crippen LogP contribution in [-0.2, 0) is 0 Å². The van der Waals surface area contributed by atoms with Crippen molar-refractivity contribution < 1.29 is 0 Å². The van der Waals surface area contributed by atoms with Gasteiger partial charge in [-0.2, -0.15) is 0 Å². The second-order valence-corrected chi connectivity index (χ2v) is 17.3. The molecule has 0 atom stereocenters. The van der Waals surface area contributed by atoms with Gasteiger partial charge in [0.2, 0.25) is 0 Å². The molecule has 3 aromatic heterocycles. The van der Waals surface area contributed by atoms with Gasteiger partial charge in [-0.05, 0) is 112 Å². The summed E-state index contributed by atoms with van der Waals surface area (Å²) < 4.78 is 4.52. The molecule has 0 aliphatic rings. The summed E-state index contributed by atoms with van der Waals surface area (Å²) in [6, 6.07) is 88.2. The molecule has 0 N–H and O–H groups in total. The van der Waals surface area contributed by atoms with Gasteiger partial charge >= 0.3 is 0 Å². The number of nitrogens with zero attached hydrogens (tertiary/aromatic N) is 5. The second kappa shape index (κ2) is 16.4. The van der Waals surface area contributed by atoms with Gasteiger partial charge in [0.25, 0.3) is 0 Å². The Hall–Kier alpha value is -9.19. The molecule has 0 unspecified atom stereocenters. The molecule has 0 saturated heterocycles. The first-order valence-electron chi connectivity index (χ1n) is 23.0. The molecule has 13 aromatic rings. The van der Waals surface area contributed by atoms with E-state index in [-0.39, 0.29) is 0 Å². The minimum absolute atomic E-state index is 0.869. The molecule has 0 aliphatic carbocycles. The zero-order valence-electron chi connectivity index (χ0n) is 36.9. The number of hydrogen-bond acceptors (Lipinski definition) is 3. The lowest BCUT2D eigenvalue weighted by Crippen LogP contribution is -2.00. The first-order chi connectivity index (χ1) is 33.7. The van der Waals surface area contributed by atoms with Gasteiger partial charge in [-0.1, -0.05) is 170 Å². The van der Waals surface area contributed by atoms with Crippen molar-refractivity contribution in [2.75, 3.05) is 0 Å². The first-order valence-corrected chi connectivity index (χ1v) is 23.0. The van der Waals surface area contributed by atoms with Crippen molar-refractivity contribution in [1.29, 1.82) is 0 Å². The van der Waals surface area contributed by atoms with Crippen LogP contribution in [0.2, 0.25) is 0 Å². The molecule has 68 heavy (non-hydrogen) atoms. The molecule has 318 valence electrons. The van der Waals surface area contributed by atoms with E-state index in [2.05, 4.69) is 258 Å². The highest BCUT2D eigenvalue weighted by atomic mass is 15.1. The maximum Gasteiger partial charge on any atom is 0.145 e. The van der Waals surface area contributed by atoms with Gasteiger partial charge in [-0.3, -0.25) is 9.13 Å². The number of aromatic nitrogens is 5. The smallest absolute Gasteiger partial charge is 0.145 e. The lowest BCUT2D eigenvalue weighted by Gasteiger charge is -2.19. The van der Waals surface area contributed by atoms with E-state index in [9.17, 15) is 0 Å². The van der Waals surface area contributed by atoms with Crippen molar-refractivity contribution in [2.45, 2.75) is 0 Å². The van der Waals surface area contributed by atoms with Crippen molar-refractivity contribution in [3.05, 3.63) is 249 Å². The Morgan fingerprint density at radius 3 is 1.12 bits per heavy atom. The predicted molar refractivity (Wildman–Crippen MR) is 281 cm³/mol. The molecule has 0 bridgehead atoms. The van der Waals surface area contributed by atoms with Crippen LogP contribution in [0.25, 0.3) is 123 Å². The molecule has 5 heteroatoms. The molecule has 13 rings (SSSR count). The van der Waals surface area contributed by atoms with Gasteiger partial charge in [0.15, 0.2) is 0 Å². The minimum Gasteiger partial charge on any atom is -0.292 e. The summed E-state index contributed by atoms with van der Waals surface area (Å²) in [6.45, 7) is 0. The van der Waals surface area contributed by atoms with Crippen molar-refractivity contribution in [3.8, 4) is 78.9 Å². The summed E-state index contributed by atoms with van der Waals surface area (Å²) in [5.41, 5.74) is 16.1. The van der Waals surface area contributed by atoms with E-state index in [4.69, 9.17) is 15.0 Å². The fraction of sp³-hybridized carbons (Fsp3) is 0. The summed E-state index contributed by atoms with van der Waals surface area (Å²) in [5.74, 6) is 1.74. The first kappa shape index (κ1) is 39.2. The molecule has 0 saturated carbocycles. The maximum atomic E-state index is 5.89. The molecule has 3 heterocycles. The monoisotopic (exact) mass is 867 g/mol. The lowest BCUT2D eigenvalue weighted by molar-refractivity contribution is 1.10. The van der Waals surface area contributed by atoms with E-state index in [1.54, 1.807) is 0 Å². The minimum atomic E-state index is 0.869. The third-order valence-corrected chi connectivity index (χ3v) is 13.1. The fourth-order valence-electron chi connectivity index (χ4n) is 9.83. The number of pyridine rings is 1. The summed E-state index contributed by atoms with van der Waals surface area (Å²) >= 11 is 0. The lowest BCUT2D eigenvalue weighted by atomic mass is 9.90. The third-order valence-electron chi connectivity index (χ3n) is 13.1. The summed E-state index contributed by atoms with van der Waals surface area (Å²) in [7, 11) is 0. The Kier molecular flexibility index (Phi) is 9.43. The topological polar surface area (TPSA) is 48.5 Å². The third kappa shape index (κ3) is 6.84. The molecular weight excluding hydrogens is 827 g/mol. The van der Waals surface area contributed by atoms with Crippen molar-refractivity contribution in [1.82, 2.24) is 24.1 Å². The van der Waals surface area contributed by atoms with Crippen molar-refractivity contribution >= 4 is 43.6 Å². The summed E-state index contributed by atoms with van der Waals surface area (Å²) in [5, 5.41) is 4.73. The van der Waals surface area contributed by atoms with Gasteiger partial charge in [-0.15, -0.1) is 0 Å². The number of fused-ring (bicyclic) bond motifs is 4. The predicted octanol–water partition coefficient (Wildman–Crippen LogP) is 16.1. The van der Waals surface area contributed by atoms with Crippen molar-refractivity contribution in [2.24, 2.45) is 0 Å². The molecule has 0 fully saturated rings. The van der Waals surface area contributed by atoms with Gasteiger partial charge < -0.3 is 0 Å². The Balaban J connectivity index is 1.07. The average molecular weight is 868 g/mol. The van der Waals surface area contributed by atoms with Crippen LogP contribution in [0.15, 0.2) is 249 Å². The largest absolute Gasteiger partial charge is 0.292 e. The molecular formula is C63H41N5. The van der Waals surface area contributed by atoms with Crippen LogP contribution in [0.4, 0.5) is 0 Å². The highest BCUT2D eigenvalue weighted by Gasteiger charge is 2.22. The molecule has 0 amide bonds. The number of para-hydroxylation sites is 6. The van der Waals surface area contributed by atoms with Gasteiger partial charge in [0, 0.05) is 44.8 Å². The van der Waals surface area contributed by atoms with Crippen LogP contribution in [0.3, 0.4) is 0 Å². The second-order valence-electron chi connectivity index (χ2n) is 17.3. The normalized spacial score (nSPS) is 11.5. The molecule has 0 spiro atoms. The Bertz CT molecular complexity index is 3770. The zero-order valence-corrected chi connectivity index (χ0v) is 36.9. The van der Waals surface area contributed by atoms with E-state index >= 15 is 0 Å². The molecule has 5 nitrogen and oxygen atoms in total. The van der Waals surface area contributed by atoms with E-state index in [1.165, 1.54) is 21.5 Å². The van der Waals surface area contributed by atoms with E-state index < -0.39 is 0 Å². The van der Waals surface area contributed by atoms with E-state index in [0.717, 1.165) is 101 Å². The van der Waals surface area contributed by atoms with Gasteiger partial charge in [0.05, 0.1) is 33.5 Å². The zero-order chi connectivity index (χ0) is 45.0. The van der Waals surface area contributed by atoms with E-state index in [0.29, 0.717) is 0 Å². The maximum absolute atomic E-state index is 5.89. The summed E-state index contributed by atoms with van der Waals surface area (Å²) in [4.78, 5) is 16.4. The Labute approximate surface area is 393 Å². The van der Waals surface area contributed by atoms with Crippen LogP contribution in [-0.4, -0.2) is 24.1 Å². The molecule has 10 aromatic carbocycles. The summed E-state index contributed by atoms with van der Waals surface area (Å²) in [6.07, 6.45) is 0. The fourth-order valence-corrected chi connectivity index (χ4v) is 9.83. The SMILES string of the molecule is c1ccc(-n2c(-c3cccc(-c4nc(-c5cccc(-c6nc7ccccc7n6-c6ccccc6)c5)c(-c5ccc6ccccc6c5)cc4-c4ccc5ccccc5c4)c3)nc3ccccc32)cc1. The Morgan fingerprint density at radius 2 is 0.647 bits per heavy atom. The molecule has 0 radical (unpaired) electrons. The molecule has 0 aliphatic heterocycles. The number of benzene rings is 10. The number of imidazole rings is 2. The van der Waals surface area contributed by atoms with Crippen LogP contribution in [0, 0.1) is 0 Å². The van der Waals surface area contributed by atoms with Gasteiger partial charge in [0.1, 0.15) is 11.6 Å². The van der Waals surface area contributed by atoms with Gasteiger partial charge in [-0.25, -0.2) is 15.0 Å². The highest BCUT2D eigenvalue weighted by molar-refractivity contribution is 5.98. The van der Waals surface area contributed by atoms with Crippen molar-refractivity contribution in [3.63, 3.8) is 0 Å². The average Bonchev–Trinajstić information content (AvgIpc) is 4.01. The van der Waals surface area contributed by atoms with Crippen LogP contribution < -0.4 is 0 Å². The van der Waals surface area contributed by atoms with Crippen LogP contribution in [0.5, 0.6) is 0 Å². The van der Waals surface area contributed by atoms with E-state index in [1.807, 2.05) is 0 Å². The Morgan fingerprint density at radius 1 is 0.250 bits per heavy atom. The van der Waals surface area contributed by atoms with Crippen LogP contribution >= 0.6 is 0 Å². The highest BCUT2D eigenvalue weighted by Crippen LogP contribution is 2.43. The van der Waals surface area contributed by atoms with Crippen LogP contribution in [0.1, 0.15) is 0 Å². The number of hydrogen-bond donors (Lipinski definition) is 0. The number of rotatable bonds is 8. The standard InChI is InChI=1S/C63H41N5/c1-3-25-52(26-4-1)67-58-31-13-11-29-56(58)64-62(67)50-23-15-21-48(39-50)60-54(46-35-33-42-17-7-9-19-44(42)37-46)41-55(47-36-34-43-18-8-10-20-45(43)38-47)61(66-60)49-22-16-24-51(40-49)63-65-57-30-12-14-32-59(57)68(63)53-27-5-2-6-28-53/h1-41H. The quantitative estimate of drug-likeness (QED) is 0.153.